The Hall–Kier alpha value is -14.4. The Labute approximate surface area is 664 Å². The molecule has 0 aliphatic heterocycles. The van der Waals surface area contributed by atoms with Crippen LogP contribution in [0.25, 0.3) is 228 Å². The molecule has 0 saturated carbocycles. The average Bonchev–Trinajstić information content (AvgIpc) is 1.58. The van der Waals surface area contributed by atoms with Crippen LogP contribution in [-0.4, -0.2) is 39.0 Å². The van der Waals surface area contributed by atoms with Gasteiger partial charge in [-0.15, -0.1) is 34.0 Å². The maximum Gasteiger partial charge on any atom is 0.164 e. The number of hydrogen-bond acceptors (Lipinski definition) is 10. The molecule has 9 nitrogen and oxygen atoms in total. The Morgan fingerprint density at radius 3 is 0.877 bits per heavy atom. The van der Waals surface area contributed by atoms with Crippen molar-refractivity contribution in [2.75, 3.05) is 0 Å². The first kappa shape index (κ1) is 65.5. The minimum atomic E-state index is 0.611. The third-order valence-electron chi connectivity index (χ3n) is 22.1. The number of aromatic nitrogens is 8. The lowest BCUT2D eigenvalue weighted by Crippen LogP contribution is -2.00. The van der Waals surface area contributed by atoms with Crippen molar-refractivity contribution in [3.8, 4) is 102 Å². The standard InChI is InChI=1S/C51H30N4OS.C51H30N4S2/c1-3-11-31(12-4-1)49-52-50(32-13-5-2-6-14-32)54-51(53-49)35-20-24-45-40(29-35)41-30-36(22-25-46(41)56-45)55-43-17-9-7-15-37(43)39-27-33(19-23-44(39)55)34-21-26-48-42(28-34)38-16-8-10-18-47(38)57-48;1-3-11-31(12-4-1)49-52-50(32-13-5-2-6-14-32)54-51(53-49)35-21-25-47-41(29-35)42-30-36(22-26-48(42)57-47)55-43-17-9-7-15-37(43)39-27-33(19-23-44(39)55)34-20-24-46-40(28-34)38-16-8-10-18-45(38)56-46/h2*1-30H. The van der Waals surface area contributed by atoms with Crippen LogP contribution in [0.1, 0.15) is 0 Å². The van der Waals surface area contributed by atoms with Crippen LogP contribution in [0.15, 0.2) is 368 Å². The van der Waals surface area contributed by atoms with Gasteiger partial charge in [0.05, 0.1) is 22.1 Å². The Morgan fingerprint density at radius 2 is 0.439 bits per heavy atom. The van der Waals surface area contributed by atoms with Gasteiger partial charge in [0.25, 0.3) is 0 Å². The van der Waals surface area contributed by atoms with E-state index in [-0.39, 0.29) is 0 Å². The van der Waals surface area contributed by atoms with E-state index in [4.69, 9.17) is 34.3 Å². The van der Waals surface area contributed by atoms with Gasteiger partial charge in [0, 0.05) is 138 Å². The summed E-state index contributed by atoms with van der Waals surface area (Å²) < 4.78 is 19.0. The number of hydrogen-bond donors (Lipinski definition) is 0. The number of furan rings is 1. The monoisotopic (exact) mass is 1510 g/mol. The number of para-hydroxylation sites is 2. The van der Waals surface area contributed by atoms with Crippen LogP contribution < -0.4 is 0 Å². The van der Waals surface area contributed by atoms with Crippen LogP contribution in [0, 0.1) is 0 Å². The fourth-order valence-corrected chi connectivity index (χ4v) is 19.9. The Morgan fingerprint density at radius 1 is 0.175 bits per heavy atom. The summed E-state index contributed by atoms with van der Waals surface area (Å²) >= 11 is 5.53. The highest BCUT2D eigenvalue weighted by atomic mass is 32.1. The Bertz CT molecular complexity index is 7410. The molecule has 0 aliphatic carbocycles. The van der Waals surface area contributed by atoms with Gasteiger partial charge in [-0.3, -0.25) is 0 Å². The van der Waals surface area contributed by atoms with E-state index in [1.165, 1.54) is 115 Å². The molecule has 0 amide bonds. The number of nitrogens with zero attached hydrogens (tertiary/aromatic N) is 8. The van der Waals surface area contributed by atoms with Gasteiger partial charge in [-0.2, -0.15) is 0 Å². The van der Waals surface area contributed by atoms with Gasteiger partial charge in [0.2, 0.25) is 0 Å². The molecule has 24 aromatic rings. The smallest absolute Gasteiger partial charge is 0.164 e. The first-order chi connectivity index (χ1) is 56.4. The number of thiophene rings is 3. The molecule has 24 rings (SSSR count). The molecule has 0 atom stereocenters. The van der Waals surface area contributed by atoms with E-state index >= 15 is 0 Å². The van der Waals surface area contributed by atoms with Crippen molar-refractivity contribution in [2.24, 2.45) is 0 Å². The van der Waals surface area contributed by atoms with Crippen LogP contribution >= 0.6 is 34.0 Å². The van der Waals surface area contributed by atoms with Gasteiger partial charge in [0.15, 0.2) is 34.9 Å². The first-order valence-corrected chi connectivity index (χ1v) is 40.5. The molecular formula is C102H60N8OS3. The third kappa shape index (κ3) is 11.2. The van der Waals surface area contributed by atoms with E-state index in [0.717, 1.165) is 77.7 Å². The second kappa shape index (κ2) is 26.7. The molecule has 532 valence electrons. The summed E-state index contributed by atoms with van der Waals surface area (Å²) in [6.07, 6.45) is 0. The summed E-state index contributed by atoms with van der Waals surface area (Å²) in [6.45, 7) is 0. The molecule has 12 heteroatoms. The quantitative estimate of drug-likeness (QED) is 0.134. The van der Waals surface area contributed by atoms with Crippen molar-refractivity contribution in [3.63, 3.8) is 0 Å². The highest BCUT2D eigenvalue weighted by molar-refractivity contribution is 7.26. The van der Waals surface area contributed by atoms with E-state index in [0.29, 0.717) is 34.9 Å². The maximum atomic E-state index is 6.43. The summed E-state index contributed by atoms with van der Waals surface area (Å²) in [6, 6.07) is 129. The van der Waals surface area contributed by atoms with Gasteiger partial charge < -0.3 is 13.6 Å². The van der Waals surface area contributed by atoms with Gasteiger partial charge in [0.1, 0.15) is 11.2 Å². The fourth-order valence-electron chi connectivity index (χ4n) is 16.6. The molecule has 0 saturated heterocycles. The topological polar surface area (TPSA) is 100 Å². The predicted octanol–water partition coefficient (Wildman–Crippen LogP) is 28.3. The van der Waals surface area contributed by atoms with E-state index < -0.39 is 0 Å². The van der Waals surface area contributed by atoms with Crippen molar-refractivity contribution in [1.29, 1.82) is 0 Å². The summed E-state index contributed by atoms with van der Waals surface area (Å²) in [4.78, 5) is 29.9. The van der Waals surface area contributed by atoms with Crippen molar-refractivity contribution < 1.29 is 4.42 Å². The highest BCUT2D eigenvalue weighted by Gasteiger charge is 2.22. The Balaban J connectivity index is 0.000000135. The fraction of sp³-hybridized carbons (Fsp3) is 0. The highest BCUT2D eigenvalue weighted by Crippen LogP contribution is 2.45. The second-order valence-corrected chi connectivity index (χ2v) is 32.1. The van der Waals surface area contributed by atoms with E-state index in [2.05, 4.69) is 240 Å². The lowest BCUT2D eigenvalue weighted by atomic mass is 10.0. The molecule has 114 heavy (non-hydrogen) atoms. The van der Waals surface area contributed by atoms with Crippen molar-refractivity contribution in [1.82, 2.24) is 39.0 Å². The first-order valence-electron chi connectivity index (χ1n) is 38.0. The molecule has 0 bridgehead atoms. The summed E-state index contributed by atoms with van der Waals surface area (Å²) in [5.41, 5.74) is 19.1. The van der Waals surface area contributed by atoms with Crippen LogP contribution in [-0.2, 0) is 0 Å². The zero-order chi connectivity index (χ0) is 74.9. The molecule has 8 heterocycles. The zero-order valence-corrected chi connectivity index (χ0v) is 63.3. The lowest BCUT2D eigenvalue weighted by Gasteiger charge is -2.10. The normalized spacial score (nSPS) is 11.9. The second-order valence-electron chi connectivity index (χ2n) is 28.9. The minimum absolute atomic E-state index is 0.611. The molecule has 16 aromatic carbocycles. The van der Waals surface area contributed by atoms with Crippen LogP contribution in [0.3, 0.4) is 0 Å². The number of benzene rings is 16. The molecular weight excluding hydrogens is 1450 g/mol. The van der Waals surface area contributed by atoms with Gasteiger partial charge >= 0.3 is 0 Å². The summed E-state index contributed by atoms with van der Waals surface area (Å²) in [5.74, 6) is 3.85. The maximum absolute atomic E-state index is 6.43. The van der Waals surface area contributed by atoms with Crippen LogP contribution in [0.4, 0.5) is 0 Å². The van der Waals surface area contributed by atoms with Crippen LogP contribution in [0.2, 0.25) is 0 Å². The molecule has 0 aliphatic rings. The number of rotatable bonds is 10. The minimum Gasteiger partial charge on any atom is -0.456 e. The van der Waals surface area contributed by atoms with Crippen molar-refractivity contribution in [2.45, 2.75) is 0 Å². The lowest BCUT2D eigenvalue weighted by molar-refractivity contribution is 0.669. The molecule has 0 fully saturated rings. The largest absolute Gasteiger partial charge is 0.456 e. The Kier molecular flexibility index (Phi) is 15.3. The zero-order valence-electron chi connectivity index (χ0n) is 60.9. The third-order valence-corrected chi connectivity index (χ3v) is 25.6. The van der Waals surface area contributed by atoms with Crippen molar-refractivity contribution in [3.05, 3.63) is 364 Å². The average molecular weight is 1510 g/mol. The van der Waals surface area contributed by atoms with E-state index in [1.807, 2.05) is 167 Å². The van der Waals surface area contributed by atoms with Crippen molar-refractivity contribution >= 4 is 160 Å². The number of fused-ring (bicyclic) bond motifs is 18. The van der Waals surface area contributed by atoms with E-state index in [9.17, 15) is 0 Å². The molecule has 0 radical (unpaired) electrons. The molecule has 0 spiro atoms. The summed E-state index contributed by atoms with van der Waals surface area (Å²) in [7, 11) is 0. The SMILES string of the molecule is c1ccc(-c2nc(-c3ccccc3)nc(-c3ccc4oc5ccc(-n6c7ccccc7c7cc(-c8ccc9sc%10ccccc%10c9c8)ccc76)cc5c4c3)n2)cc1.c1ccc(-c2nc(-c3ccccc3)nc(-c3ccc4sc5ccc(-n6c7ccccc7c7cc(-c8ccc9sc%10ccccc%10c9c8)ccc76)cc5c4c3)n2)cc1. The van der Waals surface area contributed by atoms with E-state index in [1.54, 1.807) is 0 Å². The molecule has 0 N–H and O–H groups in total. The molecule has 8 aromatic heterocycles. The van der Waals surface area contributed by atoms with Gasteiger partial charge in [-0.25, -0.2) is 29.9 Å². The van der Waals surface area contributed by atoms with Gasteiger partial charge in [-0.05, 0) is 168 Å². The summed E-state index contributed by atoms with van der Waals surface area (Å²) in [5, 5.41) is 14.6. The van der Waals surface area contributed by atoms with Crippen LogP contribution in [0.5, 0.6) is 0 Å². The predicted molar refractivity (Wildman–Crippen MR) is 478 cm³/mol. The molecule has 0 unspecified atom stereocenters. The van der Waals surface area contributed by atoms with Gasteiger partial charge in [-0.1, -0.05) is 218 Å².